The number of carbonyl (C=O) groups is 1. The third-order valence-electron chi connectivity index (χ3n) is 7.19. The molecule has 3 fully saturated rings. The van der Waals surface area contributed by atoms with Crippen LogP contribution < -0.4 is 15.0 Å². The number of nitrogens with zero attached hydrogens (tertiary/aromatic N) is 3. The lowest BCUT2D eigenvalue weighted by molar-refractivity contribution is 0.00823. The quantitative estimate of drug-likeness (QED) is 0.684. The molecule has 1 aliphatic carbocycles. The van der Waals surface area contributed by atoms with Crippen LogP contribution in [0.2, 0.25) is 0 Å². The van der Waals surface area contributed by atoms with E-state index in [-0.39, 0.29) is 23.4 Å². The molecular weight excluding hydrogens is 456 g/mol. The number of hydrogen-bond donors (Lipinski definition) is 1. The molecule has 34 heavy (non-hydrogen) atoms. The van der Waals surface area contributed by atoms with Crippen molar-refractivity contribution in [3.05, 3.63) is 18.0 Å². The molecule has 0 spiro atoms. The van der Waals surface area contributed by atoms with Crippen LogP contribution in [0.15, 0.2) is 12.4 Å². The maximum Gasteiger partial charge on any atom is 0.410 e. The van der Waals surface area contributed by atoms with Gasteiger partial charge in [0.2, 0.25) is 0 Å². The molecule has 2 saturated heterocycles. The van der Waals surface area contributed by atoms with Crippen molar-refractivity contribution < 1.29 is 22.7 Å². The number of amides is 1. The Hall–Kier alpha value is -2.07. The molecule has 1 N–H and O–H groups in total. The van der Waals surface area contributed by atoms with E-state index in [0.717, 1.165) is 49.2 Å². The van der Waals surface area contributed by atoms with Gasteiger partial charge < -0.3 is 24.6 Å². The SMILES string of the molecule is CC(C)(C)OC(=O)N1CCCC(C2Cc3c(cncc3N3CCNCC3S(=O)(=O)C3CC3)O2)C1. The van der Waals surface area contributed by atoms with Gasteiger partial charge >= 0.3 is 6.09 Å². The van der Waals surface area contributed by atoms with Gasteiger partial charge in [0.15, 0.2) is 9.84 Å². The highest BCUT2D eigenvalue weighted by molar-refractivity contribution is 7.93. The maximum absolute atomic E-state index is 13.2. The highest BCUT2D eigenvalue weighted by atomic mass is 32.2. The first-order valence-corrected chi connectivity index (χ1v) is 14.1. The van der Waals surface area contributed by atoms with Crippen LogP contribution in [0.5, 0.6) is 5.75 Å². The second kappa shape index (κ2) is 8.86. The third-order valence-corrected chi connectivity index (χ3v) is 9.77. The molecule has 1 amide bonds. The molecular formula is C24H36N4O5S. The molecule has 3 atom stereocenters. The summed E-state index contributed by atoms with van der Waals surface area (Å²) in [6.45, 7) is 8.72. The van der Waals surface area contributed by atoms with Gasteiger partial charge in [0, 0.05) is 50.6 Å². The zero-order valence-corrected chi connectivity index (χ0v) is 21.1. The van der Waals surface area contributed by atoms with Crippen LogP contribution in [0, 0.1) is 5.92 Å². The van der Waals surface area contributed by atoms with E-state index < -0.39 is 20.8 Å². The molecule has 0 radical (unpaired) electrons. The van der Waals surface area contributed by atoms with Crippen molar-refractivity contribution in [3.63, 3.8) is 0 Å². The van der Waals surface area contributed by atoms with Crippen molar-refractivity contribution in [1.29, 1.82) is 0 Å². The van der Waals surface area contributed by atoms with Crippen LogP contribution in [0.3, 0.4) is 0 Å². The molecule has 1 aromatic rings. The van der Waals surface area contributed by atoms with Crippen LogP contribution in [0.1, 0.15) is 52.0 Å². The lowest BCUT2D eigenvalue weighted by Crippen LogP contribution is -2.56. The number of hydrogen-bond acceptors (Lipinski definition) is 8. The molecule has 5 rings (SSSR count). The first-order valence-electron chi connectivity index (χ1n) is 12.4. The predicted octanol–water partition coefficient (Wildman–Crippen LogP) is 2.35. The molecule has 3 unspecified atom stereocenters. The zero-order chi connectivity index (χ0) is 24.1. The van der Waals surface area contributed by atoms with Crippen LogP contribution in [-0.4, -0.2) is 79.4 Å². The number of likely N-dealkylation sites (tertiary alicyclic amines) is 1. The number of piperazine rings is 1. The van der Waals surface area contributed by atoms with E-state index >= 15 is 0 Å². The normalized spacial score (nSPS) is 27.8. The smallest absolute Gasteiger partial charge is 0.410 e. The van der Waals surface area contributed by atoms with Crippen molar-refractivity contribution >= 4 is 21.6 Å². The number of anilines is 1. The van der Waals surface area contributed by atoms with Crippen LogP contribution in [-0.2, 0) is 21.0 Å². The Morgan fingerprint density at radius 1 is 1.21 bits per heavy atom. The Morgan fingerprint density at radius 3 is 2.74 bits per heavy atom. The molecule has 0 bridgehead atoms. The lowest BCUT2D eigenvalue weighted by atomic mass is 9.90. The van der Waals surface area contributed by atoms with Gasteiger partial charge in [0.25, 0.3) is 0 Å². The minimum absolute atomic E-state index is 0.0652. The van der Waals surface area contributed by atoms with E-state index in [1.807, 2.05) is 25.7 Å². The molecule has 4 heterocycles. The predicted molar refractivity (Wildman–Crippen MR) is 129 cm³/mol. The van der Waals surface area contributed by atoms with Gasteiger partial charge in [0.05, 0.1) is 23.3 Å². The summed E-state index contributed by atoms with van der Waals surface area (Å²) in [5.74, 6) is 0.925. The van der Waals surface area contributed by atoms with E-state index in [4.69, 9.17) is 9.47 Å². The number of piperidine rings is 1. The first kappa shape index (κ1) is 23.7. The number of pyridine rings is 1. The number of rotatable bonds is 4. The van der Waals surface area contributed by atoms with Gasteiger partial charge in [-0.15, -0.1) is 0 Å². The van der Waals surface area contributed by atoms with Crippen LogP contribution in [0.4, 0.5) is 10.5 Å². The zero-order valence-electron chi connectivity index (χ0n) is 20.3. The standard InChI is InChI=1S/C24H36N4O5S/c1-24(2,3)33-23(29)27-9-4-5-16(15-27)20-11-18-19(12-26-13-21(18)32-20)28-10-8-25-14-22(28)34(30,31)17-6-7-17/h12-13,16-17,20,22,25H,4-11,14-15H2,1-3H3. The fraction of sp³-hybridized carbons (Fsp3) is 0.750. The molecule has 10 heteroatoms. The number of aromatic nitrogens is 1. The van der Waals surface area contributed by atoms with Gasteiger partial charge in [-0.2, -0.15) is 0 Å². The summed E-state index contributed by atoms with van der Waals surface area (Å²) in [5, 5.41) is 2.48. The van der Waals surface area contributed by atoms with Crippen molar-refractivity contribution in [3.8, 4) is 5.75 Å². The van der Waals surface area contributed by atoms with Gasteiger partial charge in [0.1, 0.15) is 22.8 Å². The largest absolute Gasteiger partial charge is 0.488 e. The Balaban J connectivity index is 1.33. The summed E-state index contributed by atoms with van der Waals surface area (Å²) < 4.78 is 38.3. The van der Waals surface area contributed by atoms with Crippen molar-refractivity contribution in [2.45, 2.75) is 75.2 Å². The average molecular weight is 493 g/mol. The second-order valence-electron chi connectivity index (χ2n) is 11.0. The highest BCUT2D eigenvalue weighted by Crippen LogP contribution is 2.41. The van der Waals surface area contributed by atoms with Gasteiger partial charge in [-0.25, -0.2) is 13.2 Å². The number of fused-ring (bicyclic) bond motifs is 1. The number of ether oxygens (including phenoxy) is 2. The van der Waals surface area contributed by atoms with Gasteiger partial charge in [-0.3, -0.25) is 4.98 Å². The molecule has 1 saturated carbocycles. The fourth-order valence-electron chi connectivity index (χ4n) is 5.35. The van der Waals surface area contributed by atoms with Crippen LogP contribution >= 0.6 is 0 Å². The minimum Gasteiger partial charge on any atom is -0.488 e. The summed E-state index contributed by atoms with van der Waals surface area (Å²) in [4.78, 5) is 20.8. The molecule has 0 aromatic carbocycles. The monoisotopic (exact) mass is 492 g/mol. The van der Waals surface area contributed by atoms with E-state index in [1.165, 1.54) is 0 Å². The van der Waals surface area contributed by atoms with Crippen molar-refractivity contribution in [1.82, 2.24) is 15.2 Å². The number of sulfone groups is 1. The number of nitrogens with one attached hydrogen (secondary N) is 1. The molecule has 3 aliphatic heterocycles. The van der Waals surface area contributed by atoms with Crippen molar-refractivity contribution in [2.24, 2.45) is 5.92 Å². The van der Waals surface area contributed by atoms with E-state index in [2.05, 4.69) is 10.3 Å². The maximum atomic E-state index is 13.2. The molecule has 1 aromatic heterocycles. The topological polar surface area (TPSA) is 101 Å². The Bertz CT molecular complexity index is 1040. The fourth-order valence-corrected chi connectivity index (χ4v) is 7.51. The summed E-state index contributed by atoms with van der Waals surface area (Å²) in [5.41, 5.74) is 1.38. The van der Waals surface area contributed by atoms with Crippen LogP contribution in [0.25, 0.3) is 0 Å². The summed E-state index contributed by atoms with van der Waals surface area (Å²) in [7, 11) is -3.23. The summed E-state index contributed by atoms with van der Waals surface area (Å²) in [6, 6.07) is 0. The lowest BCUT2D eigenvalue weighted by Gasteiger charge is -2.38. The minimum atomic E-state index is -3.23. The third kappa shape index (κ3) is 4.71. The highest BCUT2D eigenvalue weighted by Gasteiger charge is 2.46. The molecule has 9 nitrogen and oxygen atoms in total. The van der Waals surface area contributed by atoms with E-state index in [0.29, 0.717) is 32.6 Å². The van der Waals surface area contributed by atoms with Gasteiger partial charge in [-0.05, 0) is 46.5 Å². The Morgan fingerprint density at radius 2 is 2.00 bits per heavy atom. The second-order valence-corrected chi connectivity index (χ2v) is 13.4. The molecule has 188 valence electrons. The van der Waals surface area contributed by atoms with Gasteiger partial charge in [-0.1, -0.05) is 0 Å². The summed E-state index contributed by atoms with van der Waals surface area (Å²) in [6.07, 6.45) is 7.29. The Kier molecular flexibility index (Phi) is 6.16. The average Bonchev–Trinajstić information content (AvgIpc) is 3.57. The van der Waals surface area contributed by atoms with E-state index in [1.54, 1.807) is 17.3 Å². The first-order chi connectivity index (χ1) is 16.1. The summed E-state index contributed by atoms with van der Waals surface area (Å²) >= 11 is 0. The Labute approximate surface area is 202 Å². The number of carbonyl (C=O) groups excluding carboxylic acids is 1. The molecule has 4 aliphatic rings. The van der Waals surface area contributed by atoms with Crippen molar-refractivity contribution in [2.75, 3.05) is 37.6 Å². The van der Waals surface area contributed by atoms with E-state index in [9.17, 15) is 13.2 Å².